The molecule has 0 fully saturated rings. The van der Waals surface area contributed by atoms with E-state index in [0.717, 1.165) is 32.8 Å². The van der Waals surface area contributed by atoms with Crippen LogP contribution in [0.2, 0.25) is 0 Å². The van der Waals surface area contributed by atoms with Crippen LogP contribution in [0.15, 0.2) is 24.3 Å². The van der Waals surface area contributed by atoms with E-state index in [-0.39, 0.29) is 0 Å². The summed E-state index contributed by atoms with van der Waals surface area (Å²) in [6, 6.07) is 9.89. The molecule has 0 aliphatic rings. The molecule has 0 unspecified atom stereocenters. The number of ether oxygens (including phenoxy) is 1. The molecule has 0 saturated carbocycles. The summed E-state index contributed by atoms with van der Waals surface area (Å²) < 4.78 is 5.36. The Kier molecular flexibility index (Phi) is 6.31. The summed E-state index contributed by atoms with van der Waals surface area (Å²) in [5.41, 5.74) is 1.95. The van der Waals surface area contributed by atoms with Gasteiger partial charge >= 0.3 is 0 Å². The molecule has 0 amide bonds. The van der Waals surface area contributed by atoms with E-state index in [9.17, 15) is 0 Å². The zero-order valence-corrected chi connectivity index (χ0v) is 10.6. The molecule has 0 heterocycles. The van der Waals surface area contributed by atoms with Crippen LogP contribution in [0.4, 0.5) is 0 Å². The number of nitrogens with zero attached hydrogens (tertiary/aromatic N) is 2. The lowest BCUT2D eigenvalue weighted by molar-refractivity contribution is 0.113. The normalized spacial score (nSPS) is 10.5. The maximum Gasteiger partial charge on any atom is 0.0991 e. The summed E-state index contributed by atoms with van der Waals surface area (Å²) >= 11 is 0. The highest BCUT2D eigenvalue weighted by Crippen LogP contribution is 2.06. The molecule has 0 N–H and O–H groups in total. The number of hydrogen-bond acceptors (Lipinski definition) is 3. The number of nitriles is 1. The molecule has 1 aromatic carbocycles. The van der Waals surface area contributed by atoms with Crippen LogP contribution < -0.4 is 0 Å². The Bertz CT molecular complexity index is 353. The number of hydrogen-bond donors (Lipinski definition) is 0. The second-order valence-corrected chi connectivity index (χ2v) is 3.87. The van der Waals surface area contributed by atoms with Crippen molar-refractivity contribution in [1.82, 2.24) is 4.90 Å². The Morgan fingerprint density at radius 2 is 1.94 bits per heavy atom. The summed E-state index contributed by atoms with van der Waals surface area (Å²) in [6.45, 7) is 8.58. The molecular weight excluding hydrogens is 212 g/mol. The van der Waals surface area contributed by atoms with Crippen molar-refractivity contribution in [2.24, 2.45) is 0 Å². The zero-order valence-electron chi connectivity index (χ0n) is 10.6. The van der Waals surface area contributed by atoms with Crippen molar-refractivity contribution < 1.29 is 4.74 Å². The van der Waals surface area contributed by atoms with Crippen LogP contribution in [0.25, 0.3) is 0 Å². The van der Waals surface area contributed by atoms with Gasteiger partial charge in [-0.15, -0.1) is 0 Å². The van der Waals surface area contributed by atoms with Gasteiger partial charge in [-0.3, -0.25) is 4.90 Å². The molecule has 0 bridgehead atoms. The van der Waals surface area contributed by atoms with Gasteiger partial charge in [0.2, 0.25) is 0 Å². The van der Waals surface area contributed by atoms with Crippen LogP contribution in [-0.4, -0.2) is 31.2 Å². The molecule has 0 radical (unpaired) electrons. The summed E-state index contributed by atoms with van der Waals surface area (Å²) in [6.07, 6.45) is 0. The Balaban J connectivity index is 2.46. The zero-order chi connectivity index (χ0) is 12.5. The molecule has 0 atom stereocenters. The predicted molar refractivity (Wildman–Crippen MR) is 68.6 cm³/mol. The van der Waals surface area contributed by atoms with Crippen molar-refractivity contribution >= 4 is 0 Å². The third kappa shape index (κ3) is 4.99. The van der Waals surface area contributed by atoms with E-state index in [1.54, 1.807) is 0 Å². The standard InChI is InChI=1S/C14H20N2O/c1-3-16(9-10-17-4-2)12-14-7-5-13(11-15)6-8-14/h5-8H,3-4,9-10,12H2,1-2H3. The average molecular weight is 232 g/mol. The smallest absolute Gasteiger partial charge is 0.0991 e. The van der Waals surface area contributed by atoms with Gasteiger partial charge in [-0.1, -0.05) is 19.1 Å². The number of rotatable bonds is 7. The lowest BCUT2D eigenvalue weighted by Crippen LogP contribution is -2.27. The minimum Gasteiger partial charge on any atom is -0.380 e. The molecule has 0 spiro atoms. The van der Waals surface area contributed by atoms with Gasteiger partial charge in [-0.05, 0) is 31.2 Å². The van der Waals surface area contributed by atoms with Crippen LogP contribution in [0, 0.1) is 11.3 Å². The molecule has 0 aliphatic heterocycles. The average Bonchev–Trinajstić information content (AvgIpc) is 2.38. The van der Waals surface area contributed by atoms with Crippen LogP contribution >= 0.6 is 0 Å². The van der Waals surface area contributed by atoms with Gasteiger partial charge < -0.3 is 4.74 Å². The first-order valence-electron chi connectivity index (χ1n) is 6.09. The Morgan fingerprint density at radius 3 is 2.47 bits per heavy atom. The lowest BCUT2D eigenvalue weighted by Gasteiger charge is -2.20. The van der Waals surface area contributed by atoms with Gasteiger partial charge in [0.1, 0.15) is 0 Å². The maximum atomic E-state index is 8.72. The molecule has 0 aromatic heterocycles. The molecule has 3 nitrogen and oxygen atoms in total. The van der Waals surface area contributed by atoms with Crippen molar-refractivity contribution in [3.63, 3.8) is 0 Å². The number of benzene rings is 1. The van der Waals surface area contributed by atoms with Crippen molar-refractivity contribution in [2.75, 3.05) is 26.3 Å². The Morgan fingerprint density at radius 1 is 1.24 bits per heavy atom. The Labute approximate surface area is 104 Å². The van der Waals surface area contributed by atoms with E-state index < -0.39 is 0 Å². The van der Waals surface area contributed by atoms with Gasteiger partial charge in [-0.25, -0.2) is 0 Å². The second-order valence-electron chi connectivity index (χ2n) is 3.87. The topological polar surface area (TPSA) is 36.3 Å². The third-order valence-electron chi connectivity index (χ3n) is 2.69. The van der Waals surface area contributed by atoms with Gasteiger partial charge in [-0.2, -0.15) is 5.26 Å². The lowest BCUT2D eigenvalue weighted by atomic mass is 10.1. The highest BCUT2D eigenvalue weighted by atomic mass is 16.5. The van der Waals surface area contributed by atoms with E-state index in [2.05, 4.69) is 17.9 Å². The fraction of sp³-hybridized carbons (Fsp3) is 0.500. The molecule has 0 aliphatic carbocycles. The number of likely N-dealkylation sites (N-methyl/N-ethyl adjacent to an activating group) is 1. The summed E-state index contributed by atoms with van der Waals surface area (Å²) in [5.74, 6) is 0. The second kappa shape index (κ2) is 7.83. The molecule has 0 saturated heterocycles. The molecule has 17 heavy (non-hydrogen) atoms. The molecule has 1 rings (SSSR count). The first-order valence-corrected chi connectivity index (χ1v) is 6.09. The van der Waals surface area contributed by atoms with E-state index in [1.165, 1.54) is 5.56 Å². The third-order valence-corrected chi connectivity index (χ3v) is 2.69. The van der Waals surface area contributed by atoms with Crippen molar-refractivity contribution in [3.8, 4) is 6.07 Å². The van der Waals surface area contributed by atoms with Crippen molar-refractivity contribution in [3.05, 3.63) is 35.4 Å². The van der Waals surface area contributed by atoms with Gasteiger partial charge in [0.15, 0.2) is 0 Å². The van der Waals surface area contributed by atoms with Gasteiger partial charge in [0.05, 0.1) is 18.2 Å². The van der Waals surface area contributed by atoms with Crippen LogP contribution in [0.3, 0.4) is 0 Å². The minimum absolute atomic E-state index is 0.714. The van der Waals surface area contributed by atoms with Gasteiger partial charge in [0, 0.05) is 19.7 Å². The van der Waals surface area contributed by atoms with Crippen LogP contribution in [0.5, 0.6) is 0 Å². The fourth-order valence-electron chi connectivity index (χ4n) is 1.63. The SMILES string of the molecule is CCOCCN(CC)Cc1ccc(C#N)cc1. The quantitative estimate of drug-likeness (QED) is 0.677. The molecule has 3 heteroatoms. The first-order chi connectivity index (χ1) is 8.30. The van der Waals surface area contributed by atoms with Crippen molar-refractivity contribution in [1.29, 1.82) is 5.26 Å². The highest BCUT2D eigenvalue weighted by Gasteiger charge is 2.03. The summed E-state index contributed by atoms with van der Waals surface area (Å²) in [5, 5.41) is 8.72. The molecule has 1 aromatic rings. The summed E-state index contributed by atoms with van der Waals surface area (Å²) in [7, 11) is 0. The molecule has 92 valence electrons. The van der Waals surface area contributed by atoms with E-state index in [4.69, 9.17) is 10.00 Å². The Hall–Kier alpha value is -1.37. The summed E-state index contributed by atoms with van der Waals surface area (Å²) in [4.78, 5) is 2.33. The monoisotopic (exact) mass is 232 g/mol. The van der Waals surface area contributed by atoms with E-state index >= 15 is 0 Å². The first kappa shape index (κ1) is 13.7. The van der Waals surface area contributed by atoms with E-state index in [0.29, 0.717) is 5.56 Å². The highest BCUT2D eigenvalue weighted by molar-refractivity contribution is 5.31. The van der Waals surface area contributed by atoms with E-state index in [1.807, 2.05) is 31.2 Å². The largest absolute Gasteiger partial charge is 0.380 e. The van der Waals surface area contributed by atoms with Crippen LogP contribution in [-0.2, 0) is 11.3 Å². The maximum absolute atomic E-state index is 8.72. The fourth-order valence-corrected chi connectivity index (χ4v) is 1.63. The van der Waals surface area contributed by atoms with Gasteiger partial charge in [0.25, 0.3) is 0 Å². The molecular formula is C14H20N2O. The van der Waals surface area contributed by atoms with Crippen molar-refractivity contribution in [2.45, 2.75) is 20.4 Å². The van der Waals surface area contributed by atoms with Crippen LogP contribution in [0.1, 0.15) is 25.0 Å². The predicted octanol–water partition coefficient (Wildman–Crippen LogP) is 2.42. The minimum atomic E-state index is 0.714.